The average molecular weight is 402 g/mol. The third-order valence-corrected chi connectivity index (χ3v) is 4.23. The maximum Gasteiger partial charge on any atom is 0.430 e. The van der Waals surface area contributed by atoms with Crippen molar-refractivity contribution in [1.82, 2.24) is 15.8 Å². The highest BCUT2D eigenvalue weighted by atomic mass is 16.6. The van der Waals surface area contributed by atoms with Gasteiger partial charge in [-0.2, -0.15) is 5.01 Å². The lowest BCUT2D eigenvalue weighted by atomic mass is 9.84. The molecule has 0 saturated carbocycles. The Kier molecular flexibility index (Phi) is 7.76. The topological polar surface area (TPSA) is 109 Å². The SMILES string of the molecule is C=CCC(C(=O)c1ccccc1)(C1=NCCN1)N(NC(=O)OCC)C(=O)OCC. The molecule has 1 aliphatic heterocycles. The Morgan fingerprint density at radius 3 is 2.48 bits per heavy atom. The second-order valence-electron chi connectivity index (χ2n) is 6.07. The van der Waals surface area contributed by atoms with Gasteiger partial charge in [-0.05, 0) is 13.8 Å². The number of Topliss-reactive ketones (excluding diaryl/α,β-unsaturated/α-hetero) is 1. The van der Waals surface area contributed by atoms with Gasteiger partial charge in [-0.1, -0.05) is 36.4 Å². The quantitative estimate of drug-likeness (QED) is 0.392. The van der Waals surface area contributed by atoms with E-state index in [4.69, 9.17) is 9.47 Å². The molecule has 1 aliphatic rings. The van der Waals surface area contributed by atoms with Crippen molar-refractivity contribution in [2.45, 2.75) is 25.8 Å². The fraction of sp³-hybridized carbons (Fsp3) is 0.400. The van der Waals surface area contributed by atoms with Crippen LogP contribution in [0.15, 0.2) is 48.0 Å². The third kappa shape index (κ3) is 4.74. The number of benzene rings is 1. The van der Waals surface area contributed by atoms with E-state index in [1.54, 1.807) is 44.2 Å². The van der Waals surface area contributed by atoms with Gasteiger partial charge < -0.3 is 14.8 Å². The maximum absolute atomic E-state index is 13.7. The second kappa shape index (κ2) is 10.3. The summed E-state index contributed by atoms with van der Waals surface area (Å²) < 4.78 is 10.1. The molecule has 29 heavy (non-hydrogen) atoms. The number of carbonyl (C=O) groups excluding carboxylic acids is 3. The zero-order valence-electron chi connectivity index (χ0n) is 16.6. The maximum atomic E-state index is 13.7. The number of carbonyl (C=O) groups is 3. The van der Waals surface area contributed by atoms with Crippen molar-refractivity contribution < 1.29 is 23.9 Å². The number of nitrogens with zero attached hydrogens (tertiary/aromatic N) is 2. The predicted octanol–water partition coefficient (Wildman–Crippen LogP) is 2.31. The lowest BCUT2D eigenvalue weighted by Gasteiger charge is -2.40. The number of aliphatic imine (C=N–C) groups is 1. The summed E-state index contributed by atoms with van der Waals surface area (Å²) in [6, 6.07) is 8.45. The zero-order valence-corrected chi connectivity index (χ0v) is 16.6. The highest BCUT2D eigenvalue weighted by Crippen LogP contribution is 2.28. The molecule has 1 atom stereocenters. The third-order valence-electron chi connectivity index (χ3n) is 4.23. The van der Waals surface area contributed by atoms with Gasteiger partial charge in [0.1, 0.15) is 5.84 Å². The first-order valence-corrected chi connectivity index (χ1v) is 9.41. The summed E-state index contributed by atoms with van der Waals surface area (Å²) in [5.41, 5.74) is 0.993. The van der Waals surface area contributed by atoms with E-state index >= 15 is 0 Å². The number of hydrogen-bond donors (Lipinski definition) is 2. The highest BCUT2D eigenvalue weighted by molar-refractivity contribution is 6.21. The van der Waals surface area contributed by atoms with Gasteiger partial charge in [0.15, 0.2) is 11.3 Å². The number of amidine groups is 1. The number of hydrogen-bond acceptors (Lipinski definition) is 7. The van der Waals surface area contributed by atoms with Crippen LogP contribution in [0.25, 0.3) is 0 Å². The highest BCUT2D eigenvalue weighted by Gasteiger charge is 2.53. The van der Waals surface area contributed by atoms with Crippen LogP contribution in [0.4, 0.5) is 9.59 Å². The fourth-order valence-electron chi connectivity index (χ4n) is 3.05. The van der Waals surface area contributed by atoms with Crippen LogP contribution in [0.2, 0.25) is 0 Å². The van der Waals surface area contributed by atoms with Crippen molar-refractivity contribution in [2.75, 3.05) is 26.3 Å². The van der Waals surface area contributed by atoms with Gasteiger partial charge in [-0.3, -0.25) is 9.79 Å². The molecule has 1 aromatic rings. The zero-order chi connectivity index (χ0) is 21.3. The van der Waals surface area contributed by atoms with Crippen molar-refractivity contribution in [3.05, 3.63) is 48.6 Å². The molecule has 1 unspecified atom stereocenters. The van der Waals surface area contributed by atoms with Gasteiger partial charge in [-0.25, -0.2) is 15.0 Å². The van der Waals surface area contributed by atoms with Crippen molar-refractivity contribution in [3.63, 3.8) is 0 Å². The summed E-state index contributed by atoms with van der Waals surface area (Å²) in [6.45, 7) is 8.04. The molecule has 0 aliphatic carbocycles. The van der Waals surface area contributed by atoms with E-state index in [0.29, 0.717) is 18.7 Å². The molecule has 0 spiro atoms. The minimum Gasteiger partial charge on any atom is -0.449 e. The molecule has 2 amide bonds. The summed E-state index contributed by atoms with van der Waals surface area (Å²) in [5.74, 6) is -0.202. The number of ether oxygens (including phenoxy) is 2. The normalized spacial score (nSPS) is 14.6. The molecular formula is C20H26N4O5. The summed E-state index contributed by atoms with van der Waals surface area (Å²) in [4.78, 5) is 43.2. The average Bonchev–Trinajstić information content (AvgIpc) is 3.26. The van der Waals surface area contributed by atoms with Crippen molar-refractivity contribution in [3.8, 4) is 0 Å². The number of nitrogens with one attached hydrogen (secondary N) is 2. The summed E-state index contributed by atoms with van der Waals surface area (Å²) in [5, 5.41) is 3.91. The van der Waals surface area contributed by atoms with E-state index in [0.717, 1.165) is 5.01 Å². The molecule has 0 bridgehead atoms. The minimum absolute atomic E-state index is 0.0161. The van der Waals surface area contributed by atoms with Crippen molar-refractivity contribution in [1.29, 1.82) is 0 Å². The van der Waals surface area contributed by atoms with Crippen molar-refractivity contribution in [2.24, 2.45) is 4.99 Å². The Hall–Kier alpha value is -3.36. The van der Waals surface area contributed by atoms with Crippen LogP contribution in [-0.2, 0) is 9.47 Å². The van der Waals surface area contributed by atoms with Gasteiger partial charge >= 0.3 is 12.2 Å². The Morgan fingerprint density at radius 1 is 1.24 bits per heavy atom. The van der Waals surface area contributed by atoms with Crippen LogP contribution in [0.5, 0.6) is 0 Å². The van der Waals surface area contributed by atoms with E-state index in [-0.39, 0.29) is 25.5 Å². The summed E-state index contributed by atoms with van der Waals surface area (Å²) in [6.07, 6.45) is -0.336. The lowest BCUT2D eigenvalue weighted by Crippen LogP contribution is -2.69. The first-order valence-electron chi connectivity index (χ1n) is 9.41. The van der Waals surface area contributed by atoms with Gasteiger partial charge in [-0.15, -0.1) is 6.58 Å². The summed E-state index contributed by atoms with van der Waals surface area (Å²) >= 11 is 0. The second-order valence-corrected chi connectivity index (χ2v) is 6.07. The molecule has 2 N–H and O–H groups in total. The van der Waals surface area contributed by atoms with Crippen LogP contribution < -0.4 is 10.7 Å². The Bertz CT molecular complexity index is 780. The predicted molar refractivity (Wildman–Crippen MR) is 108 cm³/mol. The first kappa shape index (κ1) is 21.9. The fourth-order valence-corrected chi connectivity index (χ4v) is 3.05. The van der Waals surface area contributed by atoms with Gasteiger partial charge in [0.2, 0.25) is 0 Å². The van der Waals surface area contributed by atoms with Gasteiger partial charge in [0.25, 0.3) is 0 Å². The molecule has 1 heterocycles. The number of hydrazine groups is 1. The molecule has 0 saturated heterocycles. The van der Waals surface area contributed by atoms with Crippen LogP contribution in [0.3, 0.4) is 0 Å². The molecule has 156 valence electrons. The van der Waals surface area contributed by atoms with E-state index in [1.807, 2.05) is 0 Å². The smallest absolute Gasteiger partial charge is 0.430 e. The minimum atomic E-state index is -1.71. The Balaban J connectivity index is 2.65. The number of amides is 2. The molecule has 9 heteroatoms. The van der Waals surface area contributed by atoms with Crippen LogP contribution >= 0.6 is 0 Å². The van der Waals surface area contributed by atoms with Crippen LogP contribution in [0.1, 0.15) is 30.6 Å². The van der Waals surface area contributed by atoms with E-state index in [1.165, 1.54) is 6.08 Å². The van der Waals surface area contributed by atoms with E-state index < -0.39 is 23.5 Å². The molecule has 0 aromatic heterocycles. The van der Waals surface area contributed by atoms with E-state index in [2.05, 4.69) is 22.3 Å². The Labute approximate surface area is 169 Å². The molecule has 1 aromatic carbocycles. The Morgan fingerprint density at radius 2 is 1.93 bits per heavy atom. The first-order chi connectivity index (χ1) is 14.0. The lowest BCUT2D eigenvalue weighted by molar-refractivity contribution is 0.0355. The molecule has 0 fully saturated rings. The van der Waals surface area contributed by atoms with Gasteiger partial charge in [0, 0.05) is 18.5 Å². The molecule has 9 nitrogen and oxygen atoms in total. The van der Waals surface area contributed by atoms with Crippen molar-refractivity contribution >= 4 is 23.8 Å². The summed E-state index contributed by atoms with van der Waals surface area (Å²) in [7, 11) is 0. The molecule has 2 rings (SSSR count). The van der Waals surface area contributed by atoms with Crippen LogP contribution in [0, 0.1) is 0 Å². The van der Waals surface area contributed by atoms with Gasteiger partial charge in [0.05, 0.1) is 19.8 Å². The van der Waals surface area contributed by atoms with E-state index in [9.17, 15) is 14.4 Å². The standard InChI is InChI=1S/C20H26N4O5/c1-4-12-20(17-21-13-14-22-17,16(25)15-10-8-7-9-11-15)24(19(27)29-6-3)23-18(26)28-5-2/h4,7-11H,1,5-6,12-14H2,2-3H3,(H,21,22)(H,23,26). The number of rotatable bonds is 8. The monoisotopic (exact) mass is 402 g/mol. The molecule has 0 radical (unpaired) electrons. The van der Waals surface area contributed by atoms with Crippen LogP contribution in [-0.4, -0.2) is 60.7 Å². The number of ketones is 1. The largest absolute Gasteiger partial charge is 0.449 e. The molecular weight excluding hydrogens is 376 g/mol.